The lowest BCUT2D eigenvalue weighted by atomic mass is 10.1. The second-order valence-electron chi connectivity index (χ2n) is 4.59. The topological polar surface area (TPSA) is 33.1 Å². The van der Waals surface area contributed by atoms with Gasteiger partial charge in [0.2, 0.25) is 0 Å². The third-order valence-electron chi connectivity index (χ3n) is 3.35. The summed E-state index contributed by atoms with van der Waals surface area (Å²) in [6.45, 7) is 7.75. The van der Waals surface area contributed by atoms with Crippen molar-refractivity contribution in [2.24, 2.45) is 5.92 Å². The van der Waals surface area contributed by atoms with E-state index in [-0.39, 0.29) is 12.4 Å². The molecule has 1 aliphatic rings. The zero-order valence-corrected chi connectivity index (χ0v) is 11.5. The average molecular weight is 259 g/mol. The Hall–Kier alpha value is -0.580. The minimum Gasteiger partial charge on any atom is -0.319 e. The Bertz CT molecular complexity index is 326. The fourth-order valence-electron chi connectivity index (χ4n) is 2.52. The number of hydrogen-bond donors (Lipinski definition) is 1. The first kappa shape index (κ1) is 14.5. The molecular weight excluding hydrogens is 236 g/mol. The summed E-state index contributed by atoms with van der Waals surface area (Å²) in [5.41, 5.74) is 1.34. The number of nitrogens with zero attached hydrogens (tertiary/aromatic N) is 3. The molecule has 1 aromatic rings. The highest BCUT2D eigenvalue weighted by Crippen LogP contribution is 2.17. The molecule has 5 heteroatoms. The van der Waals surface area contributed by atoms with Gasteiger partial charge >= 0.3 is 0 Å². The summed E-state index contributed by atoms with van der Waals surface area (Å²) < 4.78 is 2.09. The van der Waals surface area contributed by atoms with Gasteiger partial charge in [0.1, 0.15) is 0 Å². The van der Waals surface area contributed by atoms with Crippen molar-refractivity contribution >= 4 is 12.4 Å². The van der Waals surface area contributed by atoms with E-state index in [1.165, 1.54) is 25.2 Å². The van der Waals surface area contributed by atoms with Crippen molar-refractivity contribution in [3.63, 3.8) is 0 Å². The van der Waals surface area contributed by atoms with Crippen LogP contribution < -0.4 is 5.32 Å². The van der Waals surface area contributed by atoms with Gasteiger partial charge in [0.15, 0.2) is 0 Å². The monoisotopic (exact) mass is 258 g/mol. The number of nitrogens with one attached hydrogen (secondary N) is 1. The Morgan fingerprint density at radius 2 is 2.35 bits per heavy atom. The molecule has 0 radical (unpaired) electrons. The first-order valence-corrected chi connectivity index (χ1v) is 6.21. The highest BCUT2D eigenvalue weighted by atomic mass is 35.5. The smallest absolute Gasteiger partial charge is 0.0524 e. The maximum Gasteiger partial charge on any atom is 0.0524 e. The number of likely N-dealkylation sites (tertiary alicyclic amines) is 1. The predicted molar refractivity (Wildman–Crippen MR) is 72.5 cm³/mol. The third-order valence-corrected chi connectivity index (χ3v) is 3.35. The summed E-state index contributed by atoms with van der Waals surface area (Å²) in [6.07, 6.45) is 3.22. The van der Waals surface area contributed by atoms with Crippen LogP contribution >= 0.6 is 12.4 Å². The van der Waals surface area contributed by atoms with Gasteiger partial charge in [-0.05, 0) is 45.5 Å². The molecule has 2 heterocycles. The van der Waals surface area contributed by atoms with Crippen LogP contribution in [-0.4, -0.2) is 41.4 Å². The fourth-order valence-corrected chi connectivity index (χ4v) is 2.52. The molecule has 0 aliphatic carbocycles. The van der Waals surface area contributed by atoms with Crippen molar-refractivity contribution in [2.45, 2.75) is 26.4 Å². The van der Waals surface area contributed by atoms with E-state index in [0.717, 1.165) is 25.6 Å². The van der Waals surface area contributed by atoms with Gasteiger partial charge in [0, 0.05) is 25.8 Å². The van der Waals surface area contributed by atoms with Gasteiger partial charge in [-0.25, -0.2) is 0 Å². The number of rotatable bonds is 5. The first-order chi connectivity index (χ1) is 7.83. The van der Waals surface area contributed by atoms with E-state index in [4.69, 9.17) is 0 Å². The molecule has 1 N–H and O–H groups in total. The molecule has 1 saturated heterocycles. The number of aryl methyl sites for hydroxylation is 1. The van der Waals surface area contributed by atoms with E-state index in [2.05, 4.69) is 33.0 Å². The van der Waals surface area contributed by atoms with Crippen molar-refractivity contribution in [1.29, 1.82) is 0 Å². The molecule has 0 spiro atoms. The molecule has 1 unspecified atom stereocenters. The molecular formula is C12H23ClN4. The van der Waals surface area contributed by atoms with Crippen LogP contribution in [0.4, 0.5) is 0 Å². The zero-order valence-electron chi connectivity index (χ0n) is 10.7. The maximum absolute atomic E-state index is 4.31. The average Bonchev–Trinajstić information content (AvgIpc) is 2.89. The van der Waals surface area contributed by atoms with Crippen LogP contribution in [0, 0.1) is 5.92 Å². The van der Waals surface area contributed by atoms with Gasteiger partial charge in [-0.2, -0.15) is 5.10 Å². The minimum absolute atomic E-state index is 0. The lowest BCUT2D eigenvalue weighted by Crippen LogP contribution is -2.25. The molecule has 2 rings (SSSR count). The van der Waals surface area contributed by atoms with E-state index < -0.39 is 0 Å². The first-order valence-electron chi connectivity index (χ1n) is 6.21. The number of halogens is 1. The molecule has 1 aromatic heterocycles. The van der Waals surface area contributed by atoms with Crippen LogP contribution in [0.5, 0.6) is 0 Å². The van der Waals surface area contributed by atoms with Crippen molar-refractivity contribution in [2.75, 3.05) is 26.7 Å². The lowest BCUT2D eigenvalue weighted by molar-refractivity contribution is 0.304. The summed E-state index contributed by atoms with van der Waals surface area (Å²) in [5.74, 6) is 0.822. The van der Waals surface area contributed by atoms with Gasteiger partial charge in [-0.1, -0.05) is 0 Å². The number of aromatic nitrogens is 2. The molecule has 1 fully saturated rings. The van der Waals surface area contributed by atoms with Gasteiger partial charge in [-0.3, -0.25) is 9.58 Å². The van der Waals surface area contributed by atoms with Crippen LogP contribution in [0.2, 0.25) is 0 Å². The van der Waals surface area contributed by atoms with Gasteiger partial charge in [0.05, 0.1) is 5.69 Å². The highest BCUT2D eigenvalue weighted by Gasteiger charge is 2.22. The van der Waals surface area contributed by atoms with Crippen molar-refractivity contribution in [3.8, 4) is 0 Å². The molecule has 0 saturated carbocycles. The fraction of sp³-hybridized carbons (Fsp3) is 0.750. The second-order valence-corrected chi connectivity index (χ2v) is 4.59. The zero-order chi connectivity index (χ0) is 11.4. The van der Waals surface area contributed by atoms with Gasteiger partial charge < -0.3 is 5.32 Å². The minimum atomic E-state index is 0. The van der Waals surface area contributed by atoms with Crippen LogP contribution in [0.25, 0.3) is 0 Å². The predicted octanol–water partition coefficient (Wildman–Crippen LogP) is 1.37. The third kappa shape index (κ3) is 3.69. The van der Waals surface area contributed by atoms with Crippen LogP contribution in [-0.2, 0) is 13.1 Å². The van der Waals surface area contributed by atoms with Crippen LogP contribution in [0.3, 0.4) is 0 Å². The van der Waals surface area contributed by atoms with Crippen LogP contribution in [0.1, 0.15) is 19.0 Å². The summed E-state index contributed by atoms with van der Waals surface area (Å²) >= 11 is 0. The highest BCUT2D eigenvalue weighted by molar-refractivity contribution is 5.85. The molecule has 1 atom stereocenters. The van der Waals surface area contributed by atoms with E-state index >= 15 is 0 Å². The molecule has 98 valence electrons. The molecule has 4 nitrogen and oxygen atoms in total. The van der Waals surface area contributed by atoms with E-state index in [1.54, 1.807) is 0 Å². The maximum atomic E-state index is 4.31. The number of hydrogen-bond acceptors (Lipinski definition) is 3. The van der Waals surface area contributed by atoms with E-state index in [0.29, 0.717) is 0 Å². The standard InChI is InChI=1S/C12H22N4.ClH/c1-3-16-12(4-6-14-16)10-15-7-5-11(9-15)8-13-2;/h4,6,11,13H,3,5,7-10H2,1-2H3;1H. The van der Waals surface area contributed by atoms with Crippen LogP contribution in [0.15, 0.2) is 12.3 Å². The van der Waals surface area contributed by atoms with E-state index in [9.17, 15) is 0 Å². The summed E-state index contributed by atoms with van der Waals surface area (Å²) in [6, 6.07) is 2.13. The SMILES string of the molecule is CCn1nccc1CN1CCC(CNC)C1.Cl. The van der Waals surface area contributed by atoms with Crippen molar-refractivity contribution in [3.05, 3.63) is 18.0 Å². The van der Waals surface area contributed by atoms with Crippen molar-refractivity contribution in [1.82, 2.24) is 20.0 Å². The molecule has 17 heavy (non-hydrogen) atoms. The van der Waals surface area contributed by atoms with Gasteiger partial charge in [0.25, 0.3) is 0 Å². The Balaban J connectivity index is 0.00000144. The molecule has 0 aromatic carbocycles. The Labute approximate surface area is 110 Å². The molecule has 0 bridgehead atoms. The Morgan fingerprint density at radius 3 is 3.06 bits per heavy atom. The normalized spacial score (nSPS) is 20.5. The Morgan fingerprint density at radius 1 is 1.53 bits per heavy atom. The van der Waals surface area contributed by atoms with Gasteiger partial charge in [-0.15, -0.1) is 12.4 Å². The van der Waals surface area contributed by atoms with E-state index in [1.807, 2.05) is 13.2 Å². The summed E-state index contributed by atoms with van der Waals surface area (Å²) in [4.78, 5) is 2.53. The summed E-state index contributed by atoms with van der Waals surface area (Å²) in [7, 11) is 2.04. The molecule has 1 aliphatic heterocycles. The Kier molecular flexibility index (Phi) is 5.95. The second kappa shape index (κ2) is 6.99. The largest absolute Gasteiger partial charge is 0.319 e. The lowest BCUT2D eigenvalue weighted by Gasteiger charge is -2.16. The summed E-state index contributed by atoms with van der Waals surface area (Å²) in [5, 5.41) is 7.58. The molecule has 0 amide bonds. The quantitative estimate of drug-likeness (QED) is 0.866. The van der Waals surface area contributed by atoms with Crippen molar-refractivity contribution < 1.29 is 0 Å².